The molecule has 0 saturated carbocycles. The summed E-state index contributed by atoms with van der Waals surface area (Å²) in [6, 6.07) is 17.6. The summed E-state index contributed by atoms with van der Waals surface area (Å²) in [7, 11) is 1.61. The number of carbonyl (C=O) groups excluding carboxylic acids is 3. The molecule has 1 saturated heterocycles. The van der Waals surface area contributed by atoms with Gasteiger partial charge in [-0.25, -0.2) is 4.98 Å². The largest absolute Gasteiger partial charge is 0.497 e. The maximum absolute atomic E-state index is 12.3. The lowest BCUT2D eigenvalue weighted by Crippen LogP contribution is -2.41. The predicted molar refractivity (Wildman–Crippen MR) is 123 cm³/mol. The second-order valence-corrected chi connectivity index (χ2v) is 8.43. The molecule has 4 rings (SSSR count). The first-order chi connectivity index (χ1) is 15.5. The first-order valence-corrected chi connectivity index (χ1v) is 11.3. The Hall–Kier alpha value is -3.39. The van der Waals surface area contributed by atoms with Crippen LogP contribution in [0.15, 0.2) is 59.6 Å². The van der Waals surface area contributed by atoms with Crippen molar-refractivity contribution in [2.24, 2.45) is 0 Å². The van der Waals surface area contributed by atoms with Crippen LogP contribution in [0.4, 0.5) is 0 Å². The average Bonchev–Trinajstić information content (AvgIpc) is 3.21. The van der Waals surface area contributed by atoms with Gasteiger partial charge in [-0.2, -0.15) is 0 Å². The van der Waals surface area contributed by atoms with Crippen LogP contribution in [0.5, 0.6) is 5.75 Å². The van der Waals surface area contributed by atoms with Crippen molar-refractivity contribution in [2.75, 3.05) is 26.0 Å². The monoisotopic (exact) mass is 449 g/mol. The lowest BCUT2D eigenvalue weighted by atomic mass is 10.0. The average molecular weight is 450 g/mol. The molecular formula is C24H23N3O4S. The summed E-state index contributed by atoms with van der Waals surface area (Å²) in [6.07, 6.45) is 1.21. The minimum absolute atomic E-state index is 0.0381. The Morgan fingerprint density at radius 3 is 2.66 bits per heavy atom. The molecule has 164 valence electrons. The Bertz CT molecular complexity index is 1170. The van der Waals surface area contributed by atoms with Crippen LogP contribution < -0.4 is 10.1 Å². The summed E-state index contributed by atoms with van der Waals surface area (Å²) in [6.45, 7) is 0.476. The third kappa shape index (κ3) is 5.08. The van der Waals surface area contributed by atoms with E-state index in [-0.39, 0.29) is 18.2 Å². The minimum Gasteiger partial charge on any atom is -0.497 e. The molecular weight excluding hydrogens is 426 g/mol. The molecule has 7 nitrogen and oxygen atoms in total. The Labute approximate surface area is 190 Å². The number of hydrogen-bond donors (Lipinski definition) is 1. The van der Waals surface area contributed by atoms with Gasteiger partial charge in [-0.05, 0) is 35.7 Å². The zero-order valence-electron chi connectivity index (χ0n) is 17.7. The number of likely N-dealkylation sites (tertiary alicyclic amines) is 1. The third-order valence-electron chi connectivity index (χ3n) is 5.21. The lowest BCUT2D eigenvalue weighted by molar-refractivity contribution is -0.135. The van der Waals surface area contributed by atoms with E-state index >= 15 is 0 Å². The highest BCUT2D eigenvalue weighted by atomic mass is 32.2. The number of imide groups is 1. The third-order valence-corrected chi connectivity index (χ3v) is 6.13. The molecule has 3 aromatic rings. The van der Waals surface area contributed by atoms with Gasteiger partial charge in [0.2, 0.25) is 17.7 Å². The first-order valence-electron chi connectivity index (χ1n) is 10.3. The molecule has 1 aliphatic heterocycles. The van der Waals surface area contributed by atoms with Gasteiger partial charge in [-0.1, -0.05) is 42.1 Å². The van der Waals surface area contributed by atoms with Crippen LogP contribution >= 0.6 is 11.8 Å². The summed E-state index contributed by atoms with van der Waals surface area (Å²) < 4.78 is 5.34. The van der Waals surface area contributed by atoms with Crippen LogP contribution in [0.2, 0.25) is 0 Å². The number of methoxy groups -OCH3 is 1. The van der Waals surface area contributed by atoms with Crippen molar-refractivity contribution in [1.29, 1.82) is 0 Å². The molecule has 0 bridgehead atoms. The van der Waals surface area contributed by atoms with Crippen LogP contribution in [0.1, 0.15) is 12.8 Å². The van der Waals surface area contributed by atoms with Crippen LogP contribution in [0.25, 0.3) is 22.0 Å². The second kappa shape index (κ2) is 9.82. The number of amides is 3. The van der Waals surface area contributed by atoms with E-state index in [4.69, 9.17) is 4.74 Å². The summed E-state index contributed by atoms with van der Waals surface area (Å²) in [5, 5.41) is 4.01. The van der Waals surface area contributed by atoms with E-state index in [0.717, 1.165) is 28.5 Å². The van der Waals surface area contributed by atoms with E-state index in [0.29, 0.717) is 23.7 Å². The van der Waals surface area contributed by atoms with Gasteiger partial charge >= 0.3 is 0 Å². The van der Waals surface area contributed by atoms with Gasteiger partial charge < -0.3 is 9.64 Å². The molecule has 1 aromatic heterocycles. The molecule has 0 atom stereocenters. The van der Waals surface area contributed by atoms with Gasteiger partial charge in [0.15, 0.2) is 0 Å². The van der Waals surface area contributed by atoms with E-state index in [9.17, 15) is 14.4 Å². The van der Waals surface area contributed by atoms with Crippen molar-refractivity contribution in [3.05, 3.63) is 54.6 Å². The van der Waals surface area contributed by atoms with E-state index in [1.165, 1.54) is 16.7 Å². The molecule has 1 aliphatic rings. The van der Waals surface area contributed by atoms with Gasteiger partial charge in [0.25, 0.3) is 0 Å². The Balaban J connectivity index is 1.49. The number of aromatic nitrogens is 1. The second-order valence-electron chi connectivity index (χ2n) is 7.44. The fourth-order valence-corrected chi connectivity index (χ4v) is 4.37. The molecule has 32 heavy (non-hydrogen) atoms. The lowest BCUT2D eigenvalue weighted by Gasteiger charge is -2.14. The van der Waals surface area contributed by atoms with Crippen LogP contribution in [-0.2, 0) is 14.4 Å². The maximum atomic E-state index is 12.3. The fraction of sp³-hybridized carbons (Fsp3) is 0.250. The molecule has 1 N–H and O–H groups in total. The van der Waals surface area contributed by atoms with Crippen molar-refractivity contribution >= 4 is 40.4 Å². The molecule has 0 spiro atoms. The molecule has 2 heterocycles. The zero-order chi connectivity index (χ0) is 22.5. The number of carbonyl (C=O) groups is 3. The van der Waals surface area contributed by atoms with Crippen molar-refractivity contribution in [2.45, 2.75) is 17.9 Å². The predicted octanol–water partition coefficient (Wildman–Crippen LogP) is 3.27. The van der Waals surface area contributed by atoms with Crippen molar-refractivity contribution < 1.29 is 19.1 Å². The van der Waals surface area contributed by atoms with Crippen LogP contribution in [-0.4, -0.2) is 53.6 Å². The summed E-state index contributed by atoms with van der Waals surface area (Å²) >= 11 is 1.25. The fourth-order valence-electron chi connectivity index (χ4n) is 3.66. The van der Waals surface area contributed by atoms with E-state index < -0.39 is 11.8 Å². The quantitative estimate of drug-likeness (QED) is 0.557. The topological polar surface area (TPSA) is 88.6 Å². The van der Waals surface area contributed by atoms with Crippen molar-refractivity contribution in [1.82, 2.24) is 15.2 Å². The van der Waals surface area contributed by atoms with Crippen molar-refractivity contribution in [3.63, 3.8) is 0 Å². The SMILES string of the molecule is COc1ccc2c(-c3ccccc3)cc(SCC(=O)NC(=O)CN3CCCC3=O)nc2c1. The smallest absolute Gasteiger partial charge is 0.246 e. The van der Waals surface area contributed by atoms with Gasteiger partial charge in [0, 0.05) is 24.4 Å². The van der Waals surface area contributed by atoms with Crippen molar-refractivity contribution in [3.8, 4) is 16.9 Å². The van der Waals surface area contributed by atoms with Gasteiger partial charge in [0.1, 0.15) is 5.75 Å². The number of thioether (sulfide) groups is 1. The number of ether oxygens (including phenoxy) is 1. The molecule has 0 aliphatic carbocycles. The number of hydrogen-bond acceptors (Lipinski definition) is 6. The molecule has 2 aromatic carbocycles. The highest BCUT2D eigenvalue weighted by Crippen LogP contribution is 2.33. The van der Waals surface area contributed by atoms with E-state index in [1.807, 2.05) is 54.6 Å². The molecule has 8 heteroatoms. The first kappa shape index (κ1) is 21.8. The van der Waals surface area contributed by atoms with Crippen LogP contribution in [0.3, 0.4) is 0 Å². The Kier molecular flexibility index (Phi) is 6.70. The number of nitrogens with one attached hydrogen (secondary N) is 1. The number of pyridine rings is 1. The molecule has 0 unspecified atom stereocenters. The van der Waals surface area contributed by atoms with E-state index in [1.54, 1.807) is 7.11 Å². The standard InChI is InChI=1S/C24H23N3O4S/c1-31-17-9-10-18-19(16-6-3-2-4-7-16)13-23(25-20(18)12-17)32-15-22(29)26-21(28)14-27-11-5-8-24(27)30/h2-4,6-7,9-10,12-13H,5,8,11,14-15H2,1H3,(H,26,28,29). The zero-order valence-corrected chi connectivity index (χ0v) is 18.5. The minimum atomic E-state index is -0.466. The number of rotatable bonds is 7. The molecule has 0 radical (unpaired) electrons. The van der Waals surface area contributed by atoms with Gasteiger partial charge in [-0.3, -0.25) is 19.7 Å². The normalized spacial score (nSPS) is 13.4. The highest BCUT2D eigenvalue weighted by Gasteiger charge is 2.23. The van der Waals surface area contributed by atoms with Crippen LogP contribution in [0, 0.1) is 0 Å². The summed E-state index contributed by atoms with van der Waals surface area (Å²) in [5.41, 5.74) is 2.81. The maximum Gasteiger partial charge on any atom is 0.246 e. The van der Waals surface area contributed by atoms with Gasteiger partial charge in [0.05, 0.1) is 30.0 Å². The highest BCUT2D eigenvalue weighted by molar-refractivity contribution is 7.99. The molecule has 3 amide bonds. The Morgan fingerprint density at radius 2 is 1.94 bits per heavy atom. The Morgan fingerprint density at radius 1 is 1.12 bits per heavy atom. The number of nitrogens with zero attached hydrogens (tertiary/aromatic N) is 2. The summed E-state index contributed by atoms with van der Waals surface area (Å²) in [4.78, 5) is 42.2. The van der Waals surface area contributed by atoms with Gasteiger partial charge in [-0.15, -0.1) is 0 Å². The number of fused-ring (bicyclic) bond motifs is 1. The number of benzene rings is 2. The van der Waals surface area contributed by atoms with E-state index in [2.05, 4.69) is 10.3 Å². The summed E-state index contributed by atoms with van der Waals surface area (Å²) in [5.74, 6) is -0.194. The molecule has 1 fully saturated rings.